The fourth-order valence-corrected chi connectivity index (χ4v) is 5.46. The summed E-state index contributed by atoms with van der Waals surface area (Å²) in [5, 5.41) is 2.88. The minimum Gasteiger partial charge on any atom is -0.468 e. The summed E-state index contributed by atoms with van der Waals surface area (Å²) in [4.78, 5) is 12.8. The number of carbonyl (C=O) groups is 1. The number of carbonyl (C=O) groups excluding carboxylic acids is 1. The van der Waals surface area contributed by atoms with E-state index in [1.165, 1.54) is 10.4 Å². The van der Waals surface area contributed by atoms with E-state index in [-0.39, 0.29) is 10.8 Å². The summed E-state index contributed by atoms with van der Waals surface area (Å²) < 4.78 is 32.5. The minimum atomic E-state index is -3.55. The Labute approximate surface area is 170 Å². The summed E-state index contributed by atoms with van der Waals surface area (Å²) in [6, 6.07) is 8.58. The third-order valence-corrected chi connectivity index (χ3v) is 7.64. The predicted molar refractivity (Wildman–Crippen MR) is 111 cm³/mol. The van der Waals surface area contributed by atoms with E-state index in [2.05, 4.69) is 5.32 Å². The van der Waals surface area contributed by atoms with Crippen LogP contribution in [0, 0.1) is 6.92 Å². The van der Waals surface area contributed by atoms with E-state index in [9.17, 15) is 13.2 Å². The van der Waals surface area contributed by atoms with Crippen molar-refractivity contribution in [2.75, 3.05) is 25.4 Å². The van der Waals surface area contributed by atoms with Gasteiger partial charge in [0.1, 0.15) is 5.76 Å². The summed E-state index contributed by atoms with van der Waals surface area (Å²) in [7, 11) is -3.55. The second-order valence-corrected chi connectivity index (χ2v) is 9.87. The zero-order chi connectivity index (χ0) is 20.0. The van der Waals surface area contributed by atoms with Gasteiger partial charge in [0.15, 0.2) is 0 Å². The number of thioether (sulfide) groups is 1. The Bertz CT molecular complexity index is 889. The van der Waals surface area contributed by atoms with E-state index in [4.69, 9.17) is 4.42 Å². The van der Waals surface area contributed by atoms with Crippen LogP contribution >= 0.6 is 11.8 Å². The second-order valence-electron chi connectivity index (χ2n) is 6.83. The lowest BCUT2D eigenvalue weighted by atomic mass is 10.1. The van der Waals surface area contributed by atoms with Crippen LogP contribution in [0.3, 0.4) is 0 Å². The maximum Gasteiger partial charge on any atom is 0.251 e. The molecule has 1 fully saturated rings. The van der Waals surface area contributed by atoms with Crippen molar-refractivity contribution >= 4 is 27.7 Å². The summed E-state index contributed by atoms with van der Waals surface area (Å²) in [5.74, 6) is 2.16. The van der Waals surface area contributed by atoms with Crippen LogP contribution in [0.15, 0.2) is 45.9 Å². The number of sulfonamides is 1. The molecule has 0 radical (unpaired) electrons. The SMILES string of the molecule is Cc1ccc(S(=O)(=O)N2CCCCC2)cc1C(=O)NCCSCc1ccco1. The average molecular weight is 423 g/mol. The van der Waals surface area contributed by atoms with Gasteiger partial charge in [-0.3, -0.25) is 4.79 Å². The first-order valence-corrected chi connectivity index (χ1v) is 12.1. The quantitative estimate of drug-likeness (QED) is 0.660. The van der Waals surface area contributed by atoms with Crippen LogP contribution in [0.4, 0.5) is 0 Å². The number of hydrogen-bond donors (Lipinski definition) is 1. The van der Waals surface area contributed by atoms with Crippen molar-refractivity contribution in [1.82, 2.24) is 9.62 Å². The average Bonchev–Trinajstić information content (AvgIpc) is 3.22. The molecular weight excluding hydrogens is 396 g/mol. The van der Waals surface area contributed by atoms with Gasteiger partial charge in [0.25, 0.3) is 5.91 Å². The molecule has 3 rings (SSSR count). The van der Waals surface area contributed by atoms with Gasteiger partial charge in [-0.25, -0.2) is 8.42 Å². The highest BCUT2D eigenvalue weighted by Gasteiger charge is 2.27. The van der Waals surface area contributed by atoms with Crippen LogP contribution < -0.4 is 5.32 Å². The van der Waals surface area contributed by atoms with Gasteiger partial charge in [0.05, 0.1) is 16.9 Å². The van der Waals surface area contributed by atoms with Crippen molar-refractivity contribution in [3.63, 3.8) is 0 Å². The number of piperidine rings is 1. The lowest BCUT2D eigenvalue weighted by molar-refractivity contribution is 0.0955. The second kappa shape index (κ2) is 9.62. The number of amides is 1. The number of nitrogens with zero attached hydrogens (tertiary/aromatic N) is 1. The first-order valence-electron chi connectivity index (χ1n) is 9.47. The number of nitrogens with one attached hydrogen (secondary N) is 1. The summed E-state index contributed by atoms with van der Waals surface area (Å²) in [6.45, 7) is 3.42. The molecule has 28 heavy (non-hydrogen) atoms. The van der Waals surface area contributed by atoms with Crippen molar-refractivity contribution in [3.8, 4) is 0 Å². The Morgan fingerprint density at radius 3 is 2.71 bits per heavy atom. The zero-order valence-electron chi connectivity index (χ0n) is 16.0. The largest absolute Gasteiger partial charge is 0.468 e. The molecule has 1 saturated heterocycles. The fraction of sp³-hybridized carbons (Fsp3) is 0.450. The fourth-order valence-electron chi connectivity index (χ4n) is 3.16. The molecule has 1 aromatic carbocycles. The molecule has 0 atom stereocenters. The first kappa shape index (κ1) is 21.0. The number of aryl methyl sites for hydroxylation is 1. The van der Waals surface area contributed by atoms with Gasteiger partial charge in [-0.2, -0.15) is 16.1 Å². The number of rotatable bonds is 8. The smallest absolute Gasteiger partial charge is 0.251 e. The third kappa shape index (κ3) is 5.18. The minimum absolute atomic E-state index is 0.192. The van der Waals surface area contributed by atoms with Crippen LogP contribution in [-0.4, -0.2) is 44.0 Å². The molecule has 152 valence electrons. The van der Waals surface area contributed by atoms with E-state index in [1.807, 2.05) is 19.1 Å². The topological polar surface area (TPSA) is 79.6 Å². The van der Waals surface area contributed by atoms with Gasteiger partial charge in [-0.1, -0.05) is 12.5 Å². The number of furan rings is 1. The van der Waals surface area contributed by atoms with E-state index >= 15 is 0 Å². The van der Waals surface area contributed by atoms with Crippen LogP contribution in [0.25, 0.3) is 0 Å². The van der Waals surface area contributed by atoms with Gasteiger partial charge in [-0.05, 0) is 49.6 Å². The third-order valence-electron chi connectivity index (χ3n) is 4.76. The van der Waals surface area contributed by atoms with Gasteiger partial charge >= 0.3 is 0 Å². The zero-order valence-corrected chi connectivity index (χ0v) is 17.7. The van der Waals surface area contributed by atoms with Gasteiger partial charge in [-0.15, -0.1) is 0 Å². The molecule has 1 N–H and O–H groups in total. The maximum atomic E-state index is 12.9. The molecule has 2 heterocycles. The Morgan fingerprint density at radius 1 is 1.21 bits per heavy atom. The highest BCUT2D eigenvalue weighted by atomic mass is 32.2. The van der Waals surface area contributed by atoms with Gasteiger partial charge < -0.3 is 9.73 Å². The maximum absolute atomic E-state index is 12.9. The molecule has 1 amide bonds. The Balaban J connectivity index is 1.59. The normalized spacial score (nSPS) is 15.5. The van der Waals surface area contributed by atoms with Crippen LogP contribution in [-0.2, 0) is 15.8 Å². The Kier molecular flexibility index (Phi) is 7.20. The molecular formula is C20H26N2O4S2. The highest BCUT2D eigenvalue weighted by molar-refractivity contribution is 7.98. The van der Waals surface area contributed by atoms with Crippen LogP contribution in [0.1, 0.15) is 40.9 Å². The lowest BCUT2D eigenvalue weighted by Gasteiger charge is -2.26. The molecule has 0 aliphatic carbocycles. The Hall–Kier alpha value is -1.77. The van der Waals surface area contributed by atoms with Crippen molar-refractivity contribution in [3.05, 3.63) is 53.5 Å². The standard InChI is InChI=1S/C20H26N2O4S2/c1-16-7-8-18(28(24,25)22-10-3-2-4-11-22)14-19(16)20(23)21-9-13-27-15-17-6-5-12-26-17/h5-8,12,14H,2-4,9-11,13,15H2,1H3,(H,21,23). The van der Waals surface area contributed by atoms with E-state index in [0.29, 0.717) is 25.2 Å². The summed E-state index contributed by atoms with van der Waals surface area (Å²) in [6.07, 6.45) is 4.47. The highest BCUT2D eigenvalue weighted by Crippen LogP contribution is 2.23. The molecule has 0 unspecified atom stereocenters. The molecule has 1 aromatic heterocycles. The van der Waals surface area contributed by atoms with Crippen LogP contribution in [0.2, 0.25) is 0 Å². The van der Waals surface area contributed by atoms with E-state index in [1.54, 1.807) is 30.2 Å². The summed E-state index contributed by atoms with van der Waals surface area (Å²) in [5.41, 5.74) is 1.17. The van der Waals surface area contributed by atoms with Crippen molar-refractivity contribution < 1.29 is 17.6 Å². The monoisotopic (exact) mass is 422 g/mol. The van der Waals surface area contributed by atoms with Crippen molar-refractivity contribution in [1.29, 1.82) is 0 Å². The molecule has 6 nitrogen and oxygen atoms in total. The molecule has 1 aliphatic rings. The molecule has 8 heteroatoms. The molecule has 0 saturated carbocycles. The molecule has 0 bridgehead atoms. The lowest BCUT2D eigenvalue weighted by Crippen LogP contribution is -2.35. The summed E-state index contributed by atoms with van der Waals surface area (Å²) >= 11 is 1.67. The van der Waals surface area contributed by atoms with E-state index < -0.39 is 10.0 Å². The number of hydrogen-bond acceptors (Lipinski definition) is 5. The van der Waals surface area contributed by atoms with E-state index in [0.717, 1.165) is 42.1 Å². The van der Waals surface area contributed by atoms with Gasteiger partial charge in [0, 0.05) is 31.0 Å². The first-order chi connectivity index (χ1) is 13.5. The predicted octanol–water partition coefficient (Wildman–Crippen LogP) is 3.43. The van der Waals surface area contributed by atoms with Crippen molar-refractivity contribution in [2.45, 2.75) is 36.8 Å². The van der Waals surface area contributed by atoms with Crippen LogP contribution in [0.5, 0.6) is 0 Å². The molecule has 1 aliphatic heterocycles. The molecule has 2 aromatic rings. The Morgan fingerprint density at radius 2 is 2.00 bits per heavy atom. The van der Waals surface area contributed by atoms with Crippen molar-refractivity contribution in [2.24, 2.45) is 0 Å². The molecule has 0 spiro atoms. The van der Waals surface area contributed by atoms with Gasteiger partial charge in [0.2, 0.25) is 10.0 Å². The number of benzene rings is 1.